The molecule has 0 aliphatic heterocycles. The van der Waals surface area contributed by atoms with Crippen LogP contribution in [0.15, 0.2) is 0 Å². The number of esters is 1. The van der Waals surface area contributed by atoms with Crippen molar-refractivity contribution in [3.8, 4) is 0 Å². The van der Waals surface area contributed by atoms with Crippen LogP contribution in [0, 0.1) is 5.92 Å². The molecule has 0 heterocycles. The van der Waals surface area contributed by atoms with E-state index in [-0.39, 0.29) is 11.9 Å². The number of alkyl halides is 1. The summed E-state index contributed by atoms with van der Waals surface area (Å²) in [6, 6.07) is 0. The Morgan fingerprint density at radius 3 is 1.58 bits per heavy atom. The molecule has 0 amide bonds. The van der Waals surface area contributed by atoms with E-state index in [2.05, 4.69) is 15.9 Å². The molecular weight excluding hydrogens is 388 g/mol. The summed E-state index contributed by atoms with van der Waals surface area (Å²) in [6.45, 7) is 0.629. The average Bonchev–Trinajstić information content (AvgIpc) is 2.66. The number of hydrogen-bond acceptors (Lipinski definition) is 2. The van der Waals surface area contributed by atoms with Crippen molar-refractivity contribution in [3.05, 3.63) is 0 Å². The van der Waals surface area contributed by atoms with Crippen LogP contribution in [0.4, 0.5) is 0 Å². The Bertz CT molecular complexity index is 303. The summed E-state index contributed by atoms with van der Waals surface area (Å²) >= 11 is 3.47. The summed E-state index contributed by atoms with van der Waals surface area (Å²) in [5.74, 6) is 0.253. The van der Waals surface area contributed by atoms with E-state index < -0.39 is 0 Å². The zero-order valence-corrected chi connectivity index (χ0v) is 18.7. The van der Waals surface area contributed by atoms with Crippen LogP contribution in [0.2, 0.25) is 0 Å². The van der Waals surface area contributed by atoms with Gasteiger partial charge in [0.15, 0.2) is 0 Å². The highest BCUT2D eigenvalue weighted by Gasteiger charge is 2.19. The second kappa shape index (κ2) is 18.3. The van der Waals surface area contributed by atoms with Crippen molar-refractivity contribution in [2.75, 3.05) is 11.9 Å². The minimum absolute atomic E-state index is 0.0924. The van der Waals surface area contributed by atoms with Crippen molar-refractivity contribution in [1.82, 2.24) is 0 Å². The summed E-state index contributed by atoms with van der Waals surface area (Å²) in [7, 11) is 0. The lowest BCUT2D eigenvalue weighted by molar-refractivity contribution is -0.149. The fourth-order valence-electron chi connectivity index (χ4n) is 3.95. The zero-order chi connectivity index (χ0) is 18.7. The summed E-state index contributed by atoms with van der Waals surface area (Å²) in [5.41, 5.74) is 0. The summed E-state index contributed by atoms with van der Waals surface area (Å²) < 4.78 is 5.63. The Hall–Kier alpha value is -0.0500. The molecule has 0 saturated heterocycles. The van der Waals surface area contributed by atoms with Crippen molar-refractivity contribution in [2.24, 2.45) is 5.92 Å². The molecule has 1 fully saturated rings. The maximum absolute atomic E-state index is 12.5. The van der Waals surface area contributed by atoms with Crippen LogP contribution in [-0.2, 0) is 9.53 Å². The second-order valence-electron chi connectivity index (χ2n) is 8.14. The van der Waals surface area contributed by atoms with Crippen LogP contribution in [0.3, 0.4) is 0 Å². The van der Waals surface area contributed by atoms with Gasteiger partial charge in [-0.1, -0.05) is 112 Å². The SMILES string of the molecule is O=C(OCCCCCCCBr)C1CCCCCCCCCCCCCC1. The highest BCUT2D eigenvalue weighted by atomic mass is 79.9. The molecule has 0 atom stereocenters. The predicted molar refractivity (Wildman–Crippen MR) is 116 cm³/mol. The van der Waals surface area contributed by atoms with Gasteiger partial charge in [-0.15, -0.1) is 0 Å². The maximum Gasteiger partial charge on any atom is 0.308 e. The molecule has 26 heavy (non-hydrogen) atoms. The molecule has 3 heteroatoms. The smallest absolute Gasteiger partial charge is 0.308 e. The Kier molecular flexibility index (Phi) is 16.9. The first-order chi connectivity index (χ1) is 12.8. The molecule has 1 saturated carbocycles. The van der Waals surface area contributed by atoms with E-state index in [1.807, 2.05) is 0 Å². The van der Waals surface area contributed by atoms with Gasteiger partial charge < -0.3 is 4.74 Å². The van der Waals surface area contributed by atoms with Gasteiger partial charge in [-0.25, -0.2) is 0 Å². The summed E-state index contributed by atoms with van der Waals surface area (Å²) in [6.07, 6.45) is 24.2. The van der Waals surface area contributed by atoms with E-state index in [1.165, 1.54) is 103 Å². The average molecular weight is 431 g/mol. The van der Waals surface area contributed by atoms with Gasteiger partial charge in [-0.2, -0.15) is 0 Å². The van der Waals surface area contributed by atoms with E-state index in [0.29, 0.717) is 6.61 Å². The Morgan fingerprint density at radius 2 is 1.08 bits per heavy atom. The number of halogens is 1. The third-order valence-electron chi connectivity index (χ3n) is 5.71. The van der Waals surface area contributed by atoms with Crippen molar-refractivity contribution in [1.29, 1.82) is 0 Å². The fraction of sp³-hybridized carbons (Fsp3) is 0.957. The van der Waals surface area contributed by atoms with Gasteiger partial charge in [0.05, 0.1) is 12.5 Å². The quantitative estimate of drug-likeness (QED) is 0.221. The lowest BCUT2D eigenvalue weighted by Crippen LogP contribution is -2.18. The van der Waals surface area contributed by atoms with Crippen molar-refractivity contribution < 1.29 is 9.53 Å². The second-order valence-corrected chi connectivity index (χ2v) is 8.93. The van der Waals surface area contributed by atoms with Gasteiger partial charge in [-0.3, -0.25) is 4.79 Å². The first-order valence-corrected chi connectivity index (χ1v) is 12.7. The molecule has 1 aliphatic rings. The molecule has 0 aromatic heterocycles. The van der Waals surface area contributed by atoms with E-state index >= 15 is 0 Å². The highest BCUT2D eigenvalue weighted by molar-refractivity contribution is 9.09. The van der Waals surface area contributed by atoms with Gasteiger partial charge in [0, 0.05) is 5.33 Å². The molecule has 0 aromatic carbocycles. The van der Waals surface area contributed by atoms with Crippen LogP contribution in [-0.4, -0.2) is 17.9 Å². The number of carbonyl (C=O) groups excluding carboxylic acids is 1. The van der Waals surface area contributed by atoms with Crippen LogP contribution < -0.4 is 0 Å². The van der Waals surface area contributed by atoms with Crippen LogP contribution in [0.1, 0.15) is 122 Å². The molecule has 0 unspecified atom stereocenters. The molecule has 0 radical (unpaired) electrons. The molecule has 1 aliphatic carbocycles. The van der Waals surface area contributed by atoms with E-state index in [0.717, 1.165) is 24.6 Å². The Labute approximate surface area is 171 Å². The minimum atomic E-state index is 0.0924. The van der Waals surface area contributed by atoms with Crippen molar-refractivity contribution >= 4 is 21.9 Å². The normalized spacial score (nSPS) is 19.4. The summed E-state index contributed by atoms with van der Waals surface area (Å²) in [5, 5.41) is 1.10. The molecular formula is C23H43BrO2. The Balaban J connectivity index is 2.23. The standard InChI is InChI=1S/C23H43BrO2/c24-20-16-12-9-13-17-21-26-23(25)22-18-14-10-7-5-3-1-2-4-6-8-11-15-19-22/h22H,1-21H2. The number of hydrogen-bond donors (Lipinski definition) is 0. The highest BCUT2D eigenvalue weighted by Crippen LogP contribution is 2.22. The van der Waals surface area contributed by atoms with Crippen LogP contribution in [0.25, 0.3) is 0 Å². The van der Waals surface area contributed by atoms with Gasteiger partial charge in [0.25, 0.3) is 0 Å². The predicted octanol–water partition coefficient (Wildman–Crippen LogP) is 7.97. The topological polar surface area (TPSA) is 26.3 Å². The monoisotopic (exact) mass is 430 g/mol. The van der Waals surface area contributed by atoms with Crippen LogP contribution in [0.5, 0.6) is 0 Å². The lowest BCUT2D eigenvalue weighted by atomic mass is 9.94. The van der Waals surface area contributed by atoms with Gasteiger partial charge in [0.2, 0.25) is 0 Å². The number of unbranched alkanes of at least 4 members (excludes halogenated alkanes) is 4. The lowest BCUT2D eigenvalue weighted by Gasteiger charge is -2.16. The third kappa shape index (κ3) is 14.1. The third-order valence-corrected chi connectivity index (χ3v) is 6.27. The zero-order valence-electron chi connectivity index (χ0n) is 17.1. The first kappa shape index (κ1) is 24.0. The number of rotatable bonds is 8. The largest absolute Gasteiger partial charge is 0.465 e. The molecule has 2 nitrogen and oxygen atoms in total. The van der Waals surface area contributed by atoms with Crippen LogP contribution >= 0.6 is 15.9 Å². The molecule has 0 aromatic rings. The molecule has 154 valence electrons. The first-order valence-electron chi connectivity index (χ1n) is 11.6. The molecule has 1 rings (SSSR count). The Morgan fingerprint density at radius 1 is 0.654 bits per heavy atom. The van der Waals surface area contributed by atoms with E-state index in [4.69, 9.17) is 4.74 Å². The minimum Gasteiger partial charge on any atom is -0.465 e. The van der Waals surface area contributed by atoms with Crippen molar-refractivity contribution in [3.63, 3.8) is 0 Å². The molecule has 0 bridgehead atoms. The van der Waals surface area contributed by atoms with E-state index in [1.54, 1.807) is 0 Å². The maximum atomic E-state index is 12.5. The fourth-order valence-corrected chi connectivity index (χ4v) is 4.34. The van der Waals surface area contributed by atoms with E-state index in [9.17, 15) is 4.79 Å². The van der Waals surface area contributed by atoms with Gasteiger partial charge in [-0.05, 0) is 25.7 Å². The molecule has 0 N–H and O–H groups in total. The summed E-state index contributed by atoms with van der Waals surface area (Å²) in [4.78, 5) is 12.5. The van der Waals surface area contributed by atoms with Crippen molar-refractivity contribution in [2.45, 2.75) is 122 Å². The van der Waals surface area contributed by atoms with Gasteiger partial charge >= 0.3 is 5.97 Å². The van der Waals surface area contributed by atoms with Gasteiger partial charge in [0.1, 0.15) is 0 Å². The molecule has 0 spiro atoms. The number of carbonyl (C=O) groups is 1. The number of ether oxygens (including phenoxy) is 1.